The van der Waals surface area contributed by atoms with Gasteiger partial charge in [0.05, 0.1) is 27.4 Å². The lowest BCUT2D eigenvalue weighted by atomic mass is 10.1. The summed E-state index contributed by atoms with van der Waals surface area (Å²) < 4.78 is 19.0. The number of fused-ring (bicyclic) bond motifs is 1. The summed E-state index contributed by atoms with van der Waals surface area (Å²) in [6.07, 6.45) is 1.82. The van der Waals surface area contributed by atoms with Gasteiger partial charge in [0.1, 0.15) is 5.82 Å². The van der Waals surface area contributed by atoms with Crippen LogP contribution in [0.1, 0.15) is 22.9 Å². The molecule has 0 fully saturated rings. The molecule has 0 aliphatic carbocycles. The molecule has 7 nitrogen and oxygen atoms in total. The van der Waals surface area contributed by atoms with E-state index in [0.717, 1.165) is 21.7 Å². The summed E-state index contributed by atoms with van der Waals surface area (Å²) in [6.45, 7) is 2.74. The Morgan fingerprint density at radius 2 is 2.09 bits per heavy atom. The molecule has 0 saturated heterocycles. The van der Waals surface area contributed by atoms with Crippen LogP contribution >= 0.6 is 22.9 Å². The van der Waals surface area contributed by atoms with Crippen LogP contribution in [0.4, 0.5) is 9.52 Å². The SMILES string of the molecule is CCOC1=NC(=NC)N=c2cc/c(=C/c3sc(NCc4ccc(F)c(Cl)c4)nc3O)cc21. The highest BCUT2D eigenvalue weighted by Gasteiger charge is 2.15. The van der Waals surface area contributed by atoms with Crippen molar-refractivity contribution in [3.63, 3.8) is 0 Å². The molecule has 2 N–H and O–H groups in total. The predicted octanol–water partition coefficient (Wildman–Crippen LogP) is 3.48. The monoisotopic (exact) mass is 471 g/mol. The summed E-state index contributed by atoms with van der Waals surface area (Å²) in [5.74, 6) is 0.266. The molecule has 0 saturated carbocycles. The fourth-order valence-electron chi connectivity index (χ4n) is 3.01. The third-order valence-corrected chi connectivity index (χ3v) is 5.75. The Bertz CT molecular complexity index is 1350. The molecule has 164 valence electrons. The number of guanidine groups is 1. The normalized spacial score (nSPS) is 14.7. The standard InChI is InChI=1S/C22H19ClFN5O2S/c1-3-31-20-14-8-12(5-7-17(14)27-21(25-2)29-20)10-18-19(30)28-22(32-18)26-11-13-4-6-16(24)15(23)9-13/h4-10,30H,3,11H2,1-2H3,(H,26,28)/b12-10-,25-21?. The van der Waals surface area contributed by atoms with Gasteiger partial charge in [-0.1, -0.05) is 35.1 Å². The van der Waals surface area contributed by atoms with E-state index in [-0.39, 0.29) is 10.9 Å². The summed E-state index contributed by atoms with van der Waals surface area (Å²) in [6, 6.07) is 10.1. The van der Waals surface area contributed by atoms with E-state index in [2.05, 4.69) is 25.3 Å². The average molecular weight is 472 g/mol. The molecular formula is C22H19ClFN5O2S. The maximum Gasteiger partial charge on any atom is 0.248 e. The number of aliphatic imine (C=N–C) groups is 2. The van der Waals surface area contributed by atoms with Crippen LogP contribution in [0.25, 0.3) is 6.08 Å². The van der Waals surface area contributed by atoms with E-state index in [4.69, 9.17) is 16.3 Å². The Morgan fingerprint density at radius 3 is 2.84 bits per heavy atom. The molecule has 1 aliphatic heterocycles. The molecule has 1 aromatic heterocycles. The number of halogens is 2. The van der Waals surface area contributed by atoms with Gasteiger partial charge < -0.3 is 15.2 Å². The van der Waals surface area contributed by atoms with Gasteiger partial charge in [-0.3, -0.25) is 4.99 Å². The van der Waals surface area contributed by atoms with Crippen LogP contribution in [0.15, 0.2) is 51.4 Å². The number of hydrogen-bond acceptors (Lipinski definition) is 6. The summed E-state index contributed by atoms with van der Waals surface area (Å²) >= 11 is 7.12. The molecule has 4 rings (SSSR count). The van der Waals surface area contributed by atoms with Gasteiger partial charge in [-0.05, 0) is 48.0 Å². The average Bonchev–Trinajstić information content (AvgIpc) is 3.14. The second-order valence-electron chi connectivity index (χ2n) is 6.72. The second-order valence-corrected chi connectivity index (χ2v) is 8.15. The van der Waals surface area contributed by atoms with Gasteiger partial charge in [0, 0.05) is 13.6 Å². The van der Waals surface area contributed by atoms with Crippen molar-refractivity contribution in [3.8, 4) is 5.88 Å². The Kier molecular flexibility index (Phi) is 6.48. The van der Waals surface area contributed by atoms with Gasteiger partial charge in [0.2, 0.25) is 17.7 Å². The fourth-order valence-corrected chi connectivity index (χ4v) is 4.03. The lowest BCUT2D eigenvalue weighted by Gasteiger charge is -2.11. The zero-order valence-electron chi connectivity index (χ0n) is 17.3. The molecule has 0 atom stereocenters. The maximum atomic E-state index is 13.3. The minimum Gasteiger partial charge on any atom is -0.492 e. The molecule has 32 heavy (non-hydrogen) atoms. The Balaban J connectivity index is 1.60. The van der Waals surface area contributed by atoms with E-state index in [1.807, 2.05) is 31.2 Å². The molecule has 10 heteroatoms. The lowest BCUT2D eigenvalue weighted by Crippen LogP contribution is -2.27. The molecule has 0 spiro atoms. The number of aromatic nitrogens is 1. The van der Waals surface area contributed by atoms with Crippen molar-refractivity contribution >= 4 is 46.0 Å². The number of nitrogens with zero attached hydrogens (tertiary/aromatic N) is 4. The van der Waals surface area contributed by atoms with Gasteiger partial charge >= 0.3 is 0 Å². The van der Waals surface area contributed by atoms with Crippen LogP contribution in [0, 0.1) is 5.82 Å². The van der Waals surface area contributed by atoms with E-state index in [0.29, 0.717) is 35.0 Å². The number of hydrogen-bond donors (Lipinski definition) is 2. The van der Waals surface area contributed by atoms with Gasteiger partial charge in [0.15, 0.2) is 5.13 Å². The van der Waals surface area contributed by atoms with Crippen molar-refractivity contribution in [2.75, 3.05) is 19.0 Å². The number of ether oxygens (including phenoxy) is 1. The van der Waals surface area contributed by atoms with Crippen LogP contribution in [0.5, 0.6) is 5.88 Å². The first-order chi connectivity index (χ1) is 15.5. The van der Waals surface area contributed by atoms with Crippen molar-refractivity contribution in [1.82, 2.24) is 4.98 Å². The number of aromatic hydroxyl groups is 1. The quantitative estimate of drug-likeness (QED) is 0.596. The second kappa shape index (κ2) is 9.46. The molecule has 1 aliphatic rings. The van der Waals surface area contributed by atoms with E-state index in [9.17, 15) is 9.50 Å². The van der Waals surface area contributed by atoms with Crippen LogP contribution in [-0.2, 0) is 11.3 Å². The van der Waals surface area contributed by atoms with Gasteiger partial charge in [-0.15, -0.1) is 0 Å². The highest BCUT2D eigenvalue weighted by atomic mass is 35.5. The number of rotatable bonds is 5. The van der Waals surface area contributed by atoms with Crippen molar-refractivity contribution in [2.24, 2.45) is 15.0 Å². The largest absolute Gasteiger partial charge is 0.492 e. The summed E-state index contributed by atoms with van der Waals surface area (Å²) in [7, 11) is 1.63. The zero-order chi connectivity index (χ0) is 22.7. The van der Waals surface area contributed by atoms with Crippen LogP contribution in [0.2, 0.25) is 5.02 Å². The van der Waals surface area contributed by atoms with E-state index in [1.54, 1.807) is 19.2 Å². The molecule has 2 heterocycles. The number of nitrogens with one attached hydrogen (secondary N) is 1. The molecule has 3 aromatic rings. The maximum absolute atomic E-state index is 13.3. The molecule has 0 unspecified atom stereocenters. The first-order valence-corrected chi connectivity index (χ1v) is 10.9. The van der Waals surface area contributed by atoms with Crippen molar-refractivity contribution in [1.29, 1.82) is 0 Å². The van der Waals surface area contributed by atoms with E-state index in [1.165, 1.54) is 17.4 Å². The first-order valence-electron chi connectivity index (χ1n) is 9.73. The zero-order valence-corrected chi connectivity index (χ0v) is 18.8. The predicted molar refractivity (Wildman–Crippen MR) is 125 cm³/mol. The third-order valence-electron chi connectivity index (χ3n) is 4.51. The lowest BCUT2D eigenvalue weighted by molar-refractivity contribution is 0.328. The molecule has 0 bridgehead atoms. The van der Waals surface area contributed by atoms with Crippen LogP contribution in [-0.4, -0.2) is 35.6 Å². The van der Waals surface area contributed by atoms with Gasteiger partial charge in [-0.25, -0.2) is 9.38 Å². The molecule has 0 amide bonds. The number of anilines is 1. The minimum atomic E-state index is -0.465. The van der Waals surface area contributed by atoms with E-state index >= 15 is 0 Å². The van der Waals surface area contributed by atoms with Crippen LogP contribution < -0.4 is 15.9 Å². The Hall–Kier alpha value is -3.30. The number of benzene rings is 2. The van der Waals surface area contributed by atoms with Crippen molar-refractivity contribution in [2.45, 2.75) is 13.5 Å². The van der Waals surface area contributed by atoms with Gasteiger partial charge in [-0.2, -0.15) is 9.98 Å². The fraction of sp³-hybridized carbons (Fsp3) is 0.182. The third kappa shape index (κ3) is 4.79. The topological polar surface area (TPSA) is 91.5 Å². The summed E-state index contributed by atoms with van der Waals surface area (Å²) in [5.41, 5.74) is 1.55. The smallest absolute Gasteiger partial charge is 0.248 e. The molecule has 0 radical (unpaired) electrons. The highest BCUT2D eigenvalue weighted by Crippen LogP contribution is 2.29. The Morgan fingerprint density at radius 1 is 1.25 bits per heavy atom. The molecular weight excluding hydrogens is 453 g/mol. The van der Waals surface area contributed by atoms with Crippen LogP contribution in [0.3, 0.4) is 0 Å². The minimum absolute atomic E-state index is 0.0618. The highest BCUT2D eigenvalue weighted by molar-refractivity contribution is 7.16. The molecule has 2 aromatic carbocycles. The van der Waals surface area contributed by atoms with Crippen molar-refractivity contribution < 1.29 is 14.2 Å². The summed E-state index contributed by atoms with van der Waals surface area (Å²) in [5, 5.41) is 15.5. The first kappa shape index (κ1) is 21.9. The van der Waals surface area contributed by atoms with E-state index < -0.39 is 5.82 Å². The summed E-state index contributed by atoms with van der Waals surface area (Å²) in [4.78, 5) is 17.5. The Labute approximate surface area is 192 Å². The number of thiazole rings is 1. The van der Waals surface area contributed by atoms with Gasteiger partial charge in [0.25, 0.3) is 0 Å². The van der Waals surface area contributed by atoms with Crippen molar-refractivity contribution in [3.05, 3.63) is 73.8 Å².